The van der Waals surface area contributed by atoms with Gasteiger partial charge in [-0.3, -0.25) is 0 Å². The normalized spacial score (nSPS) is 29.3. The molecule has 0 aromatic rings. The predicted molar refractivity (Wildman–Crippen MR) is 75.2 cm³/mol. The van der Waals surface area contributed by atoms with Gasteiger partial charge in [0, 0.05) is 32.7 Å². The molecule has 2 heterocycles. The number of piperidine rings is 1. The van der Waals surface area contributed by atoms with Crippen molar-refractivity contribution in [2.45, 2.75) is 32.8 Å². The Kier molecular flexibility index (Phi) is 5.45. The molecular weight excluding hydrogens is 242 g/mol. The van der Waals surface area contributed by atoms with Crippen molar-refractivity contribution in [3.8, 4) is 0 Å². The molecule has 2 aliphatic rings. The van der Waals surface area contributed by atoms with Crippen molar-refractivity contribution in [1.82, 2.24) is 15.1 Å². The van der Waals surface area contributed by atoms with Crippen LogP contribution in [-0.2, 0) is 4.74 Å². The maximum absolute atomic E-state index is 12.0. The lowest BCUT2D eigenvalue weighted by Crippen LogP contribution is -2.50. The van der Waals surface area contributed by atoms with Gasteiger partial charge >= 0.3 is 6.03 Å². The molecule has 19 heavy (non-hydrogen) atoms. The lowest BCUT2D eigenvalue weighted by Gasteiger charge is -2.33. The number of amides is 2. The van der Waals surface area contributed by atoms with Gasteiger partial charge < -0.3 is 19.9 Å². The van der Waals surface area contributed by atoms with Crippen LogP contribution in [0, 0.1) is 5.92 Å². The van der Waals surface area contributed by atoms with Crippen molar-refractivity contribution in [3.63, 3.8) is 0 Å². The molecule has 2 rings (SSSR count). The maximum atomic E-state index is 12.0. The molecule has 1 N–H and O–H groups in total. The van der Waals surface area contributed by atoms with E-state index in [2.05, 4.69) is 17.1 Å². The van der Waals surface area contributed by atoms with Crippen LogP contribution in [0.3, 0.4) is 0 Å². The number of carbonyl (C=O) groups is 1. The smallest absolute Gasteiger partial charge is 0.317 e. The number of carbonyl (C=O) groups excluding carboxylic acids is 1. The summed E-state index contributed by atoms with van der Waals surface area (Å²) in [5.41, 5.74) is 0. The van der Waals surface area contributed by atoms with Crippen molar-refractivity contribution in [2.24, 2.45) is 5.92 Å². The van der Waals surface area contributed by atoms with Crippen LogP contribution in [0.5, 0.6) is 0 Å². The van der Waals surface area contributed by atoms with Gasteiger partial charge in [-0.2, -0.15) is 0 Å². The molecule has 0 spiro atoms. The molecule has 2 atom stereocenters. The van der Waals surface area contributed by atoms with Gasteiger partial charge in [0.1, 0.15) is 0 Å². The third-order valence-electron chi connectivity index (χ3n) is 3.97. The minimum atomic E-state index is 0.0557. The minimum Gasteiger partial charge on any atom is -0.375 e. The van der Waals surface area contributed by atoms with E-state index in [9.17, 15) is 4.79 Å². The van der Waals surface area contributed by atoms with Crippen LogP contribution >= 0.6 is 0 Å². The predicted octanol–water partition coefficient (Wildman–Crippen LogP) is 1.15. The molecule has 5 nitrogen and oxygen atoms in total. The highest BCUT2D eigenvalue weighted by Crippen LogP contribution is 2.14. The summed E-state index contributed by atoms with van der Waals surface area (Å²) in [6.07, 6.45) is 2.78. The minimum absolute atomic E-state index is 0.0557. The highest BCUT2D eigenvalue weighted by molar-refractivity contribution is 5.74. The van der Waals surface area contributed by atoms with E-state index in [0.29, 0.717) is 19.7 Å². The lowest BCUT2D eigenvalue weighted by atomic mass is 10.0. The van der Waals surface area contributed by atoms with Crippen molar-refractivity contribution in [2.75, 3.05) is 45.9 Å². The number of nitrogens with zero attached hydrogens (tertiary/aromatic N) is 2. The van der Waals surface area contributed by atoms with Gasteiger partial charge in [0.15, 0.2) is 0 Å². The highest BCUT2D eigenvalue weighted by Gasteiger charge is 2.21. The molecule has 0 aliphatic carbocycles. The number of ether oxygens (including phenoxy) is 1. The second kappa shape index (κ2) is 7.10. The average molecular weight is 269 g/mol. The fourth-order valence-electron chi connectivity index (χ4n) is 2.93. The van der Waals surface area contributed by atoms with E-state index < -0.39 is 0 Å². The summed E-state index contributed by atoms with van der Waals surface area (Å²) < 4.78 is 5.44. The van der Waals surface area contributed by atoms with E-state index in [-0.39, 0.29) is 12.1 Å². The number of nitrogens with one attached hydrogen (secondary N) is 1. The topological polar surface area (TPSA) is 44.8 Å². The fraction of sp³-hybridized carbons (Fsp3) is 0.929. The van der Waals surface area contributed by atoms with Gasteiger partial charge in [0.05, 0.1) is 12.7 Å². The summed E-state index contributed by atoms with van der Waals surface area (Å²) in [7, 11) is 0. The van der Waals surface area contributed by atoms with Gasteiger partial charge in [-0.05, 0) is 32.2 Å². The third-order valence-corrected chi connectivity index (χ3v) is 3.97. The summed E-state index contributed by atoms with van der Waals surface area (Å²) in [6, 6.07) is 0.0557. The van der Waals surface area contributed by atoms with E-state index in [0.717, 1.165) is 19.0 Å². The Morgan fingerprint density at radius 1 is 1.32 bits per heavy atom. The molecule has 110 valence electrons. The number of hydrogen-bond donors (Lipinski definition) is 1. The summed E-state index contributed by atoms with van der Waals surface area (Å²) >= 11 is 0. The van der Waals surface area contributed by atoms with Gasteiger partial charge in [-0.15, -0.1) is 0 Å². The average Bonchev–Trinajstić information content (AvgIpc) is 2.38. The second-order valence-corrected chi connectivity index (χ2v) is 5.91. The summed E-state index contributed by atoms with van der Waals surface area (Å²) in [5.74, 6) is 0.796. The Bertz CT molecular complexity index is 298. The van der Waals surface area contributed by atoms with E-state index >= 15 is 0 Å². The molecule has 2 saturated heterocycles. The third kappa shape index (κ3) is 4.66. The van der Waals surface area contributed by atoms with Crippen molar-refractivity contribution < 1.29 is 9.53 Å². The first kappa shape index (κ1) is 14.6. The zero-order chi connectivity index (χ0) is 13.7. The molecule has 0 aromatic heterocycles. The Labute approximate surface area is 116 Å². The second-order valence-electron chi connectivity index (χ2n) is 5.91. The number of hydrogen-bond acceptors (Lipinski definition) is 3. The summed E-state index contributed by atoms with van der Waals surface area (Å²) in [6.45, 7) is 10.4. The molecule has 0 saturated carbocycles. The summed E-state index contributed by atoms with van der Waals surface area (Å²) in [5, 5.41) is 3.02. The zero-order valence-corrected chi connectivity index (χ0v) is 12.2. The van der Waals surface area contributed by atoms with E-state index in [1.54, 1.807) is 0 Å². The van der Waals surface area contributed by atoms with Gasteiger partial charge in [-0.1, -0.05) is 6.92 Å². The molecule has 2 unspecified atom stereocenters. The van der Waals surface area contributed by atoms with Gasteiger partial charge in [0.2, 0.25) is 0 Å². The number of likely N-dealkylation sites (tertiary alicyclic amines) is 1. The lowest BCUT2D eigenvalue weighted by molar-refractivity contribution is -0.00354. The Morgan fingerprint density at radius 3 is 2.89 bits per heavy atom. The molecule has 2 amide bonds. The first-order chi connectivity index (χ1) is 9.15. The maximum Gasteiger partial charge on any atom is 0.317 e. The first-order valence-electron chi connectivity index (χ1n) is 7.52. The SMILES string of the molecule is CC1CCCN(CCNC(=O)N2CCOC(C)C2)C1. The van der Waals surface area contributed by atoms with Crippen LogP contribution in [-0.4, -0.2) is 67.8 Å². The van der Waals surface area contributed by atoms with Crippen LogP contribution in [0.2, 0.25) is 0 Å². The van der Waals surface area contributed by atoms with Crippen LogP contribution in [0.25, 0.3) is 0 Å². The van der Waals surface area contributed by atoms with Crippen molar-refractivity contribution in [3.05, 3.63) is 0 Å². The quantitative estimate of drug-likeness (QED) is 0.836. The zero-order valence-electron chi connectivity index (χ0n) is 12.2. The monoisotopic (exact) mass is 269 g/mol. The number of morpholine rings is 1. The van der Waals surface area contributed by atoms with E-state index in [1.165, 1.54) is 25.9 Å². The fourth-order valence-corrected chi connectivity index (χ4v) is 2.93. The van der Waals surface area contributed by atoms with Crippen molar-refractivity contribution in [1.29, 1.82) is 0 Å². The number of urea groups is 1. The molecule has 0 bridgehead atoms. The molecule has 2 aliphatic heterocycles. The van der Waals surface area contributed by atoms with Gasteiger partial charge in [-0.25, -0.2) is 4.79 Å². The molecule has 5 heteroatoms. The standard InChI is InChI=1S/C14H27N3O2/c1-12-4-3-6-16(10-12)7-5-15-14(18)17-8-9-19-13(2)11-17/h12-13H,3-11H2,1-2H3,(H,15,18). The Balaban J connectivity index is 1.63. The molecule has 0 radical (unpaired) electrons. The van der Waals surface area contributed by atoms with E-state index in [4.69, 9.17) is 4.74 Å². The van der Waals surface area contributed by atoms with Gasteiger partial charge in [0.25, 0.3) is 0 Å². The number of rotatable bonds is 3. The van der Waals surface area contributed by atoms with Crippen LogP contribution in [0.15, 0.2) is 0 Å². The Hall–Kier alpha value is -0.810. The van der Waals surface area contributed by atoms with Crippen molar-refractivity contribution >= 4 is 6.03 Å². The highest BCUT2D eigenvalue weighted by atomic mass is 16.5. The molecular formula is C14H27N3O2. The van der Waals surface area contributed by atoms with Crippen LogP contribution in [0.4, 0.5) is 4.79 Å². The summed E-state index contributed by atoms with van der Waals surface area (Å²) in [4.78, 5) is 16.3. The van der Waals surface area contributed by atoms with Crippen LogP contribution < -0.4 is 5.32 Å². The largest absolute Gasteiger partial charge is 0.375 e. The van der Waals surface area contributed by atoms with E-state index in [1.807, 2.05) is 11.8 Å². The Morgan fingerprint density at radius 2 is 2.16 bits per heavy atom. The van der Waals surface area contributed by atoms with Crippen LogP contribution in [0.1, 0.15) is 26.7 Å². The molecule has 2 fully saturated rings. The first-order valence-corrected chi connectivity index (χ1v) is 7.52. The molecule has 0 aromatic carbocycles.